The fourth-order valence-corrected chi connectivity index (χ4v) is 2.07. The standard InChI is InChI=1S/C16H22N2O2/c1-4-8-17-13(3)15-10-12(2)5-6-16(15)19-11-14-7-9-18-20-14/h5-7,9-10,13,17H,4,8,11H2,1-3H3. The molecule has 0 saturated carbocycles. The Balaban J connectivity index is 2.10. The van der Waals surface area contributed by atoms with Gasteiger partial charge in [-0.05, 0) is 32.9 Å². The summed E-state index contributed by atoms with van der Waals surface area (Å²) in [5, 5.41) is 7.17. The van der Waals surface area contributed by atoms with E-state index in [2.05, 4.69) is 43.4 Å². The van der Waals surface area contributed by atoms with Crippen molar-refractivity contribution >= 4 is 0 Å². The molecule has 0 aliphatic carbocycles. The van der Waals surface area contributed by atoms with E-state index in [4.69, 9.17) is 9.26 Å². The van der Waals surface area contributed by atoms with Crippen LogP contribution in [0.15, 0.2) is 35.0 Å². The van der Waals surface area contributed by atoms with E-state index in [1.165, 1.54) is 11.1 Å². The van der Waals surface area contributed by atoms with Gasteiger partial charge in [0.15, 0.2) is 5.76 Å². The Morgan fingerprint density at radius 2 is 2.20 bits per heavy atom. The molecule has 0 aliphatic heterocycles. The van der Waals surface area contributed by atoms with Gasteiger partial charge < -0.3 is 14.6 Å². The molecule has 0 spiro atoms. The Morgan fingerprint density at radius 1 is 1.35 bits per heavy atom. The van der Waals surface area contributed by atoms with Crippen molar-refractivity contribution < 1.29 is 9.26 Å². The third-order valence-corrected chi connectivity index (χ3v) is 3.19. The van der Waals surface area contributed by atoms with Crippen molar-refractivity contribution in [2.45, 2.75) is 39.8 Å². The summed E-state index contributed by atoms with van der Waals surface area (Å²) in [5.41, 5.74) is 2.41. The maximum Gasteiger partial charge on any atom is 0.174 e. The number of ether oxygens (including phenoxy) is 1. The van der Waals surface area contributed by atoms with Crippen molar-refractivity contribution in [2.24, 2.45) is 0 Å². The summed E-state index contributed by atoms with van der Waals surface area (Å²) in [6, 6.07) is 8.33. The molecule has 108 valence electrons. The minimum Gasteiger partial charge on any atom is -0.485 e. The minimum atomic E-state index is 0.263. The Hall–Kier alpha value is -1.81. The molecule has 1 N–H and O–H groups in total. The quantitative estimate of drug-likeness (QED) is 0.837. The van der Waals surface area contributed by atoms with Gasteiger partial charge in [0.1, 0.15) is 12.4 Å². The summed E-state index contributed by atoms with van der Waals surface area (Å²) < 4.78 is 10.9. The molecule has 1 unspecified atom stereocenters. The van der Waals surface area contributed by atoms with Crippen LogP contribution in [0.1, 0.15) is 43.2 Å². The Morgan fingerprint density at radius 3 is 2.90 bits per heavy atom. The predicted octanol–water partition coefficient (Wildman–Crippen LogP) is 3.62. The van der Waals surface area contributed by atoms with Crippen LogP contribution in [0.4, 0.5) is 0 Å². The zero-order valence-electron chi connectivity index (χ0n) is 12.3. The molecule has 2 aromatic rings. The maximum absolute atomic E-state index is 5.86. The van der Waals surface area contributed by atoms with E-state index in [0.717, 1.165) is 24.5 Å². The molecule has 20 heavy (non-hydrogen) atoms. The third kappa shape index (κ3) is 3.84. The summed E-state index contributed by atoms with van der Waals surface area (Å²) in [6.45, 7) is 7.81. The fourth-order valence-electron chi connectivity index (χ4n) is 2.07. The lowest BCUT2D eigenvalue weighted by Crippen LogP contribution is -2.20. The fraction of sp³-hybridized carbons (Fsp3) is 0.438. The number of nitrogens with one attached hydrogen (secondary N) is 1. The largest absolute Gasteiger partial charge is 0.485 e. The van der Waals surface area contributed by atoms with Gasteiger partial charge in [0, 0.05) is 17.7 Å². The highest BCUT2D eigenvalue weighted by Gasteiger charge is 2.12. The Labute approximate surface area is 120 Å². The zero-order valence-corrected chi connectivity index (χ0v) is 12.3. The molecule has 4 heteroatoms. The van der Waals surface area contributed by atoms with Gasteiger partial charge in [-0.2, -0.15) is 0 Å². The summed E-state index contributed by atoms with van der Waals surface area (Å²) >= 11 is 0. The molecule has 0 aliphatic rings. The predicted molar refractivity (Wildman–Crippen MR) is 78.7 cm³/mol. The van der Waals surface area contributed by atoms with Crippen molar-refractivity contribution in [3.8, 4) is 5.75 Å². The molecule has 1 aromatic heterocycles. The van der Waals surface area contributed by atoms with Crippen LogP contribution in [0.25, 0.3) is 0 Å². The van der Waals surface area contributed by atoms with Crippen LogP contribution in [-0.4, -0.2) is 11.7 Å². The molecule has 2 rings (SSSR count). The highest BCUT2D eigenvalue weighted by atomic mass is 16.5. The second-order valence-electron chi connectivity index (χ2n) is 4.98. The number of hydrogen-bond donors (Lipinski definition) is 1. The van der Waals surface area contributed by atoms with E-state index < -0.39 is 0 Å². The molecule has 1 heterocycles. The van der Waals surface area contributed by atoms with Crippen LogP contribution in [0.5, 0.6) is 5.75 Å². The van der Waals surface area contributed by atoms with Crippen LogP contribution in [0.2, 0.25) is 0 Å². The lowest BCUT2D eigenvalue weighted by molar-refractivity contribution is 0.246. The van der Waals surface area contributed by atoms with Gasteiger partial charge in [0.25, 0.3) is 0 Å². The topological polar surface area (TPSA) is 47.3 Å². The van der Waals surface area contributed by atoms with Gasteiger partial charge in [-0.1, -0.05) is 29.8 Å². The molecule has 0 fully saturated rings. The first kappa shape index (κ1) is 14.6. The Bertz CT molecular complexity index is 523. The highest BCUT2D eigenvalue weighted by Crippen LogP contribution is 2.27. The van der Waals surface area contributed by atoms with Gasteiger partial charge in [0.2, 0.25) is 0 Å². The first-order valence-corrected chi connectivity index (χ1v) is 7.07. The molecule has 1 aromatic carbocycles. The average Bonchev–Trinajstić information content (AvgIpc) is 2.96. The van der Waals surface area contributed by atoms with Gasteiger partial charge >= 0.3 is 0 Å². The van der Waals surface area contributed by atoms with Crippen LogP contribution < -0.4 is 10.1 Å². The summed E-state index contributed by atoms with van der Waals surface area (Å²) in [5.74, 6) is 1.62. The first-order chi connectivity index (χ1) is 9.70. The molecule has 4 nitrogen and oxygen atoms in total. The van der Waals surface area contributed by atoms with E-state index >= 15 is 0 Å². The summed E-state index contributed by atoms with van der Waals surface area (Å²) in [4.78, 5) is 0. The van der Waals surface area contributed by atoms with Gasteiger partial charge in [0.05, 0.1) is 6.20 Å². The minimum absolute atomic E-state index is 0.263. The summed E-state index contributed by atoms with van der Waals surface area (Å²) in [6.07, 6.45) is 2.74. The second kappa shape index (κ2) is 7.10. The summed E-state index contributed by atoms with van der Waals surface area (Å²) in [7, 11) is 0. The Kier molecular flexibility index (Phi) is 5.18. The van der Waals surface area contributed by atoms with Crippen molar-refractivity contribution in [1.29, 1.82) is 0 Å². The van der Waals surface area contributed by atoms with E-state index in [1.54, 1.807) is 6.20 Å². The zero-order chi connectivity index (χ0) is 14.4. The second-order valence-corrected chi connectivity index (χ2v) is 4.98. The van der Waals surface area contributed by atoms with Crippen molar-refractivity contribution in [3.05, 3.63) is 47.3 Å². The normalized spacial score (nSPS) is 12.3. The lowest BCUT2D eigenvalue weighted by Gasteiger charge is -2.18. The van der Waals surface area contributed by atoms with Crippen molar-refractivity contribution in [3.63, 3.8) is 0 Å². The molecule has 0 saturated heterocycles. The van der Waals surface area contributed by atoms with E-state index in [0.29, 0.717) is 6.61 Å². The van der Waals surface area contributed by atoms with E-state index in [-0.39, 0.29) is 6.04 Å². The van der Waals surface area contributed by atoms with Gasteiger partial charge in [-0.15, -0.1) is 0 Å². The molecule has 0 radical (unpaired) electrons. The molecular weight excluding hydrogens is 252 g/mol. The van der Waals surface area contributed by atoms with Crippen LogP contribution in [-0.2, 0) is 6.61 Å². The number of benzene rings is 1. The third-order valence-electron chi connectivity index (χ3n) is 3.19. The van der Waals surface area contributed by atoms with Crippen molar-refractivity contribution in [2.75, 3.05) is 6.54 Å². The maximum atomic E-state index is 5.86. The van der Waals surface area contributed by atoms with Crippen LogP contribution in [0, 0.1) is 6.92 Å². The van der Waals surface area contributed by atoms with Crippen molar-refractivity contribution in [1.82, 2.24) is 10.5 Å². The van der Waals surface area contributed by atoms with E-state index in [1.807, 2.05) is 12.1 Å². The highest BCUT2D eigenvalue weighted by molar-refractivity contribution is 5.39. The number of nitrogens with zero attached hydrogens (tertiary/aromatic N) is 1. The average molecular weight is 274 g/mol. The smallest absolute Gasteiger partial charge is 0.174 e. The monoisotopic (exact) mass is 274 g/mol. The molecule has 1 atom stereocenters. The first-order valence-electron chi connectivity index (χ1n) is 7.07. The number of aromatic nitrogens is 1. The molecule has 0 amide bonds. The van der Waals surface area contributed by atoms with Gasteiger partial charge in [-0.25, -0.2) is 0 Å². The molecule has 0 bridgehead atoms. The van der Waals surface area contributed by atoms with Crippen LogP contribution in [0.3, 0.4) is 0 Å². The van der Waals surface area contributed by atoms with E-state index in [9.17, 15) is 0 Å². The lowest BCUT2D eigenvalue weighted by atomic mass is 10.0. The number of hydrogen-bond acceptors (Lipinski definition) is 4. The molecular formula is C16H22N2O2. The SMILES string of the molecule is CCCNC(C)c1cc(C)ccc1OCc1ccno1. The van der Waals surface area contributed by atoms with Crippen LogP contribution >= 0.6 is 0 Å². The number of aryl methyl sites for hydroxylation is 1. The number of rotatable bonds is 7. The van der Waals surface area contributed by atoms with Gasteiger partial charge in [-0.3, -0.25) is 0 Å².